The van der Waals surface area contributed by atoms with Crippen molar-refractivity contribution in [3.63, 3.8) is 0 Å². The van der Waals surface area contributed by atoms with E-state index in [4.69, 9.17) is 0 Å². The SMILES string of the molecule is Cc1cccc(C)c1-c1ccc2c(c1)N(c1cc(C(C)C)c3ccc4c(N5c6ccccc6-c6ccccc6-c6ccc(-c7c(C)cccc7C)cc65)cc(C(C)C)c5ccc1c3c54)c1ccccc1-c1ccccc1-2. The van der Waals surface area contributed by atoms with Crippen molar-refractivity contribution in [1.29, 1.82) is 0 Å². The maximum atomic E-state index is 2.62. The molecule has 0 spiro atoms. The van der Waals surface area contributed by atoms with Crippen molar-refractivity contribution >= 4 is 66.4 Å². The molecule has 14 rings (SSSR count). The second kappa shape index (κ2) is 17.4. The standard InChI is InChI=1S/C74H60N2/c1-43(2)63-41-69(75-65-29-15-13-27-55(65)51-23-9-11-25-53(51)57-33-31-49(39-67(57)75)71-45(5)19-17-20-46(71)6)61-38-36-60-64(44(3)4)42-70(62-37-35-59(63)73(61)74(60)62)76-66-30-16-14-28-56(66)52-24-10-12-26-54(52)58-34-32-50(40-68(58)76)72-47(7)21-18-22-48(72)8/h9-44H,1-8H3. The fraction of sp³-hybridized carbons (Fsp3) is 0.135. The molecule has 76 heavy (non-hydrogen) atoms. The van der Waals surface area contributed by atoms with Gasteiger partial charge in [0.25, 0.3) is 0 Å². The first-order valence-electron chi connectivity index (χ1n) is 27.2. The van der Waals surface area contributed by atoms with Crippen molar-refractivity contribution in [1.82, 2.24) is 0 Å². The average Bonchev–Trinajstić information content (AvgIpc) is 3.78. The van der Waals surface area contributed by atoms with Crippen LogP contribution in [-0.4, -0.2) is 0 Å². The maximum absolute atomic E-state index is 2.62. The van der Waals surface area contributed by atoms with Crippen LogP contribution in [0.4, 0.5) is 34.1 Å². The van der Waals surface area contributed by atoms with Gasteiger partial charge in [0.15, 0.2) is 0 Å². The van der Waals surface area contributed by atoms with Crippen LogP contribution in [0, 0.1) is 27.7 Å². The molecule has 2 aliphatic rings. The summed E-state index contributed by atoms with van der Waals surface area (Å²) in [5.74, 6) is 0.497. The Balaban J connectivity index is 1.11. The predicted molar refractivity (Wildman–Crippen MR) is 326 cm³/mol. The topological polar surface area (TPSA) is 6.48 Å². The summed E-state index contributed by atoms with van der Waals surface area (Å²) in [5.41, 5.74) is 29.9. The van der Waals surface area contributed by atoms with Crippen molar-refractivity contribution < 1.29 is 0 Å². The molecular formula is C74H60N2. The van der Waals surface area contributed by atoms with Crippen LogP contribution in [0.5, 0.6) is 0 Å². The van der Waals surface area contributed by atoms with E-state index in [2.05, 4.69) is 271 Å². The first kappa shape index (κ1) is 45.9. The van der Waals surface area contributed by atoms with E-state index in [-0.39, 0.29) is 11.8 Å². The zero-order chi connectivity index (χ0) is 51.7. The Morgan fingerprint density at radius 1 is 0.263 bits per heavy atom. The van der Waals surface area contributed by atoms with Crippen molar-refractivity contribution in [3.05, 3.63) is 240 Å². The van der Waals surface area contributed by atoms with Gasteiger partial charge in [0.2, 0.25) is 0 Å². The van der Waals surface area contributed by atoms with Crippen LogP contribution in [0.25, 0.3) is 99.1 Å². The minimum absolute atomic E-state index is 0.249. The summed E-state index contributed by atoms with van der Waals surface area (Å²) in [7, 11) is 0. The lowest BCUT2D eigenvalue weighted by atomic mass is 9.83. The van der Waals surface area contributed by atoms with Crippen LogP contribution >= 0.6 is 0 Å². The third-order valence-electron chi connectivity index (χ3n) is 17.0. The highest BCUT2D eigenvalue weighted by molar-refractivity contribution is 6.30. The Hall–Kier alpha value is -8.72. The van der Waals surface area contributed by atoms with Crippen LogP contribution in [-0.2, 0) is 0 Å². The van der Waals surface area contributed by atoms with Gasteiger partial charge in [-0.1, -0.05) is 198 Å². The molecule has 0 aliphatic carbocycles. The van der Waals surface area contributed by atoms with Crippen molar-refractivity contribution in [2.45, 2.75) is 67.2 Å². The normalized spacial score (nSPS) is 12.7. The second-order valence-corrected chi connectivity index (χ2v) is 22.1. The largest absolute Gasteiger partial charge is 0.309 e. The summed E-state index contributed by atoms with van der Waals surface area (Å²) in [6.45, 7) is 18.5. The lowest BCUT2D eigenvalue weighted by Gasteiger charge is -2.33. The van der Waals surface area contributed by atoms with E-state index in [1.807, 2.05) is 0 Å². The summed E-state index contributed by atoms with van der Waals surface area (Å²) in [6, 6.07) is 78.8. The van der Waals surface area contributed by atoms with E-state index in [9.17, 15) is 0 Å². The Morgan fingerprint density at radius 2 is 0.579 bits per heavy atom. The monoisotopic (exact) mass is 976 g/mol. The quantitative estimate of drug-likeness (QED) is 0.153. The zero-order valence-electron chi connectivity index (χ0n) is 44.7. The molecule has 0 saturated carbocycles. The number of nitrogens with zero attached hydrogens (tertiary/aromatic N) is 2. The van der Waals surface area contributed by atoms with E-state index in [1.165, 1.54) is 167 Å². The van der Waals surface area contributed by atoms with Gasteiger partial charge in [-0.15, -0.1) is 0 Å². The van der Waals surface area contributed by atoms with Gasteiger partial charge < -0.3 is 9.80 Å². The van der Waals surface area contributed by atoms with Gasteiger partial charge in [0.05, 0.1) is 34.1 Å². The van der Waals surface area contributed by atoms with E-state index in [0.717, 1.165) is 0 Å². The molecule has 2 heteroatoms. The van der Waals surface area contributed by atoms with E-state index in [1.54, 1.807) is 0 Å². The molecular weight excluding hydrogens is 917 g/mol. The smallest absolute Gasteiger partial charge is 0.0546 e. The molecule has 0 unspecified atom stereocenters. The Morgan fingerprint density at radius 3 is 0.934 bits per heavy atom. The van der Waals surface area contributed by atoms with Crippen LogP contribution in [0.15, 0.2) is 206 Å². The Bertz CT molecular complexity index is 4040. The molecule has 0 amide bonds. The molecule has 0 fully saturated rings. The first-order chi connectivity index (χ1) is 37.0. The molecule has 0 bridgehead atoms. The third kappa shape index (κ3) is 6.79. The summed E-state index contributed by atoms with van der Waals surface area (Å²) < 4.78 is 0. The number of fused-ring (bicyclic) bond motifs is 10. The average molecular weight is 977 g/mol. The summed E-state index contributed by atoms with van der Waals surface area (Å²) in [4.78, 5) is 5.24. The van der Waals surface area contributed by atoms with Gasteiger partial charge in [-0.3, -0.25) is 0 Å². The van der Waals surface area contributed by atoms with Crippen LogP contribution in [0.1, 0.15) is 72.9 Å². The second-order valence-electron chi connectivity index (χ2n) is 22.1. The molecule has 0 atom stereocenters. The molecule has 0 radical (unpaired) electrons. The van der Waals surface area contributed by atoms with Gasteiger partial charge in [-0.05, 0) is 175 Å². The maximum Gasteiger partial charge on any atom is 0.0546 e. The van der Waals surface area contributed by atoms with Crippen LogP contribution in [0.3, 0.4) is 0 Å². The summed E-state index contributed by atoms with van der Waals surface area (Å²) in [6.07, 6.45) is 0. The molecule has 0 aromatic heterocycles. The lowest BCUT2D eigenvalue weighted by molar-refractivity contribution is 0.875. The zero-order valence-corrected chi connectivity index (χ0v) is 44.7. The molecule has 0 N–H and O–H groups in total. The molecule has 2 heterocycles. The van der Waals surface area contributed by atoms with Crippen LogP contribution in [0.2, 0.25) is 0 Å². The van der Waals surface area contributed by atoms with Gasteiger partial charge in [-0.25, -0.2) is 0 Å². The highest BCUT2D eigenvalue weighted by Crippen LogP contribution is 2.58. The number of anilines is 6. The summed E-state index contributed by atoms with van der Waals surface area (Å²) >= 11 is 0. The predicted octanol–water partition coefficient (Wildman–Crippen LogP) is 21.6. The third-order valence-corrected chi connectivity index (χ3v) is 17.0. The number of hydrogen-bond donors (Lipinski definition) is 0. The highest BCUT2D eigenvalue weighted by atomic mass is 15.2. The van der Waals surface area contributed by atoms with E-state index < -0.39 is 0 Å². The Kier molecular flexibility index (Phi) is 10.5. The molecule has 2 nitrogen and oxygen atoms in total. The summed E-state index contributed by atoms with van der Waals surface area (Å²) in [5, 5.41) is 7.77. The van der Waals surface area contributed by atoms with Crippen LogP contribution < -0.4 is 9.80 Å². The first-order valence-corrected chi connectivity index (χ1v) is 27.2. The van der Waals surface area contributed by atoms with E-state index in [0.29, 0.717) is 0 Å². The minimum Gasteiger partial charge on any atom is -0.309 e. The minimum atomic E-state index is 0.249. The lowest BCUT2D eigenvalue weighted by Crippen LogP contribution is -2.14. The van der Waals surface area contributed by atoms with Gasteiger partial charge >= 0.3 is 0 Å². The van der Waals surface area contributed by atoms with Crippen molar-refractivity contribution in [2.75, 3.05) is 9.80 Å². The van der Waals surface area contributed by atoms with Gasteiger partial charge in [0.1, 0.15) is 0 Å². The molecule has 0 saturated heterocycles. The number of para-hydroxylation sites is 2. The molecule has 12 aromatic rings. The Labute approximate surface area is 447 Å². The fourth-order valence-electron chi connectivity index (χ4n) is 13.6. The van der Waals surface area contributed by atoms with Crippen molar-refractivity contribution in [2.24, 2.45) is 0 Å². The van der Waals surface area contributed by atoms with Gasteiger partial charge in [-0.2, -0.15) is 0 Å². The number of rotatable bonds is 6. The van der Waals surface area contributed by atoms with Gasteiger partial charge in [0, 0.05) is 33.0 Å². The number of hydrogen-bond acceptors (Lipinski definition) is 2. The molecule has 2 aliphatic heterocycles. The fourth-order valence-corrected chi connectivity index (χ4v) is 13.6. The molecule has 366 valence electrons. The molecule has 12 aromatic carbocycles. The number of benzene rings is 12. The number of aryl methyl sites for hydroxylation is 4. The van der Waals surface area contributed by atoms with E-state index >= 15 is 0 Å². The van der Waals surface area contributed by atoms with Crippen molar-refractivity contribution in [3.8, 4) is 66.8 Å². The highest BCUT2D eigenvalue weighted by Gasteiger charge is 2.33.